The van der Waals surface area contributed by atoms with Crippen LogP contribution in [0.5, 0.6) is 0 Å². The number of aromatic nitrogens is 2. The lowest BCUT2D eigenvalue weighted by Gasteiger charge is -2.24. The zero-order chi connectivity index (χ0) is 18.8. The van der Waals surface area contributed by atoms with Crippen LogP contribution in [0.1, 0.15) is 54.3 Å². The SMILES string of the molecule is CN=C(NCc1ccc2c(c1)COC2)NC1CCc2cn(C(C)C)nc2C1.I. The van der Waals surface area contributed by atoms with Gasteiger partial charge in [-0.05, 0) is 48.9 Å². The Hall–Kier alpha value is -1.61. The van der Waals surface area contributed by atoms with Crippen molar-refractivity contribution in [3.05, 3.63) is 52.3 Å². The first-order chi connectivity index (χ1) is 13.1. The number of halogens is 1. The van der Waals surface area contributed by atoms with Crippen LogP contribution < -0.4 is 10.6 Å². The van der Waals surface area contributed by atoms with Gasteiger partial charge in [0.05, 0.1) is 18.9 Å². The molecule has 0 amide bonds. The molecule has 0 bridgehead atoms. The Morgan fingerprint density at radius 3 is 2.89 bits per heavy atom. The van der Waals surface area contributed by atoms with E-state index >= 15 is 0 Å². The highest BCUT2D eigenvalue weighted by molar-refractivity contribution is 14.0. The van der Waals surface area contributed by atoms with Gasteiger partial charge in [-0.15, -0.1) is 24.0 Å². The summed E-state index contributed by atoms with van der Waals surface area (Å²) in [6.07, 6.45) is 5.34. The molecular weight excluding hydrogens is 465 g/mol. The summed E-state index contributed by atoms with van der Waals surface area (Å²) in [7, 11) is 1.83. The number of rotatable bonds is 4. The molecule has 0 spiro atoms. The average Bonchev–Trinajstić information content (AvgIpc) is 3.30. The molecule has 2 N–H and O–H groups in total. The molecule has 1 aliphatic carbocycles. The number of hydrogen-bond donors (Lipinski definition) is 2. The van der Waals surface area contributed by atoms with Crippen LogP contribution in [0.15, 0.2) is 29.4 Å². The third kappa shape index (κ3) is 4.68. The van der Waals surface area contributed by atoms with Gasteiger partial charge in [0.25, 0.3) is 0 Å². The van der Waals surface area contributed by atoms with Crippen LogP contribution in [0.3, 0.4) is 0 Å². The van der Waals surface area contributed by atoms with E-state index < -0.39 is 0 Å². The van der Waals surface area contributed by atoms with Crippen LogP contribution in [0, 0.1) is 0 Å². The predicted octanol–water partition coefficient (Wildman–Crippen LogP) is 3.33. The van der Waals surface area contributed by atoms with E-state index in [9.17, 15) is 0 Å². The minimum atomic E-state index is 0. The maximum absolute atomic E-state index is 5.50. The molecule has 4 rings (SSSR count). The van der Waals surface area contributed by atoms with E-state index in [1.54, 1.807) is 0 Å². The molecule has 1 aliphatic heterocycles. The molecule has 7 heteroatoms. The summed E-state index contributed by atoms with van der Waals surface area (Å²) >= 11 is 0. The van der Waals surface area contributed by atoms with E-state index in [-0.39, 0.29) is 24.0 Å². The Morgan fingerprint density at radius 1 is 1.29 bits per heavy atom. The molecule has 0 saturated heterocycles. The number of aliphatic imine (C=N–C) groups is 1. The molecular formula is C21H30IN5O. The average molecular weight is 495 g/mol. The smallest absolute Gasteiger partial charge is 0.191 e. The summed E-state index contributed by atoms with van der Waals surface area (Å²) in [6.45, 7) is 6.56. The van der Waals surface area contributed by atoms with Gasteiger partial charge in [0.2, 0.25) is 0 Å². The first-order valence-electron chi connectivity index (χ1n) is 9.85. The minimum absolute atomic E-state index is 0. The molecule has 1 aromatic heterocycles. The number of ether oxygens (including phenoxy) is 1. The van der Waals surface area contributed by atoms with E-state index in [0.29, 0.717) is 12.1 Å². The summed E-state index contributed by atoms with van der Waals surface area (Å²) in [4.78, 5) is 4.40. The maximum Gasteiger partial charge on any atom is 0.191 e. The summed E-state index contributed by atoms with van der Waals surface area (Å²) in [5.74, 6) is 0.850. The van der Waals surface area contributed by atoms with Crippen LogP contribution in [0.4, 0.5) is 0 Å². The highest BCUT2D eigenvalue weighted by atomic mass is 127. The lowest BCUT2D eigenvalue weighted by Crippen LogP contribution is -2.45. The molecule has 2 aliphatic rings. The predicted molar refractivity (Wildman–Crippen MR) is 122 cm³/mol. The zero-order valence-corrected chi connectivity index (χ0v) is 19.2. The zero-order valence-electron chi connectivity index (χ0n) is 16.9. The Balaban J connectivity index is 0.00000225. The van der Waals surface area contributed by atoms with Gasteiger partial charge in [0.1, 0.15) is 0 Å². The van der Waals surface area contributed by atoms with Gasteiger partial charge < -0.3 is 15.4 Å². The third-order valence-electron chi connectivity index (χ3n) is 5.44. The molecule has 1 atom stereocenters. The van der Waals surface area contributed by atoms with Crippen molar-refractivity contribution in [2.45, 2.75) is 65.0 Å². The molecule has 0 fully saturated rings. The number of benzene rings is 1. The maximum atomic E-state index is 5.50. The van der Waals surface area contributed by atoms with Crippen molar-refractivity contribution in [3.63, 3.8) is 0 Å². The second kappa shape index (κ2) is 9.26. The quantitative estimate of drug-likeness (QED) is 0.388. The lowest BCUT2D eigenvalue weighted by molar-refractivity contribution is 0.134. The fraction of sp³-hybridized carbons (Fsp3) is 0.524. The lowest BCUT2D eigenvalue weighted by atomic mass is 9.94. The Labute approximate surface area is 184 Å². The normalized spacial score (nSPS) is 18.4. The van der Waals surface area contributed by atoms with Gasteiger partial charge in [-0.1, -0.05) is 18.2 Å². The van der Waals surface area contributed by atoms with Gasteiger partial charge >= 0.3 is 0 Å². The molecule has 2 heterocycles. The van der Waals surface area contributed by atoms with Crippen molar-refractivity contribution in [2.24, 2.45) is 4.99 Å². The summed E-state index contributed by atoms with van der Waals surface area (Å²) in [5, 5.41) is 11.8. The van der Waals surface area contributed by atoms with Crippen LogP contribution in [-0.2, 0) is 37.3 Å². The van der Waals surface area contributed by atoms with E-state index in [2.05, 4.69) is 58.6 Å². The van der Waals surface area contributed by atoms with Gasteiger partial charge in [0, 0.05) is 38.3 Å². The molecule has 6 nitrogen and oxygen atoms in total. The second-order valence-corrected chi connectivity index (χ2v) is 7.78. The monoisotopic (exact) mass is 495 g/mol. The van der Waals surface area contributed by atoms with Gasteiger partial charge in [-0.2, -0.15) is 5.10 Å². The number of fused-ring (bicyclic) bond motifs is 2. The summed E-state index contributed by atoms with van der Waals surface area (Å²) in [5.41, 5.74) is 6.48. The first-order valence-corrected chi connectivity index (χ1v) is 9.85. The first kappa shape index (κ1) is 21.1. The van der Waals surface area contributed by atoms with Crippen molar-refractivity contribution in [1.29, 1.82) is 0 Å². The standard InChI is InChI=1S/C21H29N5O.HI/c1-14(2)26-11-16-6-7-19(9-20(16)25-26)24-21(22-3)23-10-15-4-5-17-12-27-13-18(17)8-15;/h4-5,8,11,14,19H,6-7,9-10,12-13H2,1-3H3,(H2,22,23,24);1H. The highest BCUT2D eigenvalue weighted by Crippen LogP contribution is 2.22. The van der Waals surface area contributed by atoms with E-state index in [0.717, 1.165) is 45.0 Å². The van der Waals surface area contributed by atoms with Gasteiger partial charge in [-0.3, -0.25) is 9.67 Å². The fourth-order valence-electron chi connectivity index (χ4n) is 3.81. The molecule has 0 saturated carbocycles. The number of nitrogens with zero attached hydrogens (tertiary/aromatic N) is 3. The molecule has 28 heavy (non-hydrogen) atoms. The second-order valence-electron chi connectivity index (χ2n) is 7.78. The van der Waals surface area contributed by atoms with E-state index in [4.69, 9.17) is 9.84 Å². The molecule has 152 valence electrons. The molecule has 0 radical (unpaired) electrons. The Kier molecular flexibility index (Phi) is 6.98. The number of aryl methyl sites for hydroxylation is 1. The Bertz CT molecular complexity index is 845. The number of hydrogen-bond acceptors (Lipinski definition) is 3. The summed E-state index contributed by atoms with van der Waals surface area (Å²) < 4.78 is 7.58. The van der Waals surface area contributed by atoms with Crippen molar-refractivity contribution in [2.75, 3.05) is 7.05 Å². The number of nitrogens with one attached hydrogen (secondary N) is 2. The number of guanidine groups is 1. The largest absolute Gasteiger partial charge is 0.372 e. The van der Waals surface area contributed by atoms with Crippen LogP contribution in [-0.4, -0.2) is 28.8 Å². The molecule has 1 aromatic carbocycles. The highest BCUT2D eigenvalue weighted by Gasteiger charge is 2.23. The van der Waals surface area contributed by atoms with Crippen LogP contribution in [0.2, 0.25) is 0 Å². The van der Waals surface area contributed by atoms with E-state index in [1.165, 1.54) is 27.9 Å². The van der Waals surface area contributed by atoms with Crippen molar-refractivity contribution in [1.82, 2.24) is 20.4 Å². The topological polar surface area (TPSA) is 63.5 Å². The minimum Gasteiger partial charge on any atom is -0.372 e. The van der Waals surface area contributed by atoms with Gasteiger partial charge in [0.15, 0.2) is 5.96 Å². The van der Waals surface area contributed by atoms with Crippen LogP contribution >= 0.6 is 24.0 Å². The van der Waals surface area contributed by atoms with Crippen molar-refractivity contribution in [3.8, 4) is 0 Å². The Morgan fingerprint density at radius 2 is 2.11 bits per heavy atom. The summed E-state index contributed by atoms with van der Waals surface area (Å²) in [6, 6.07) is 7.35. The van der Waals surface area contributed by atoms with Crippen molar-refractivity contribution >= 4 is 29.9 Å². The molecule has 2 aromatic rings. The fourth-order valence-corrected chi connectivity index (χ4v) is 3.81. The molecule has 1 unspecified atom stereocenters. The third-order valence-corrected chi connectivity index (χ3v) is 5.44. The van der Waals surface area contributed by atoms with E-state index in [1.807, 2.05) is 7.05 Å². The van der Waals surface area contributed by atoms with Crippen LogP contribution in [0.25, 0.3) is 0 Å². The van der Waals surface area contributed by atoms with Crippen molar-refractivity contribution < 1.29 is 4.74 Å². The van der Waals surface area contributed by atoms with Gasteiger partial charge in [-0.25, -0.2) is 0 Å².